The molecule has 164 valence electrons. The summed E-state index contributed by atoms with van der Waals surface area (Å²) >= 11 is 0. The first kappa shape index (κ1) is 21.3. The molecule has 1 aliphatic rings. The number of rotatable bonds is 5. The molecule has 0 saturated heterocycles. The molecule has 3 aromatic rings. The summed E-state index contributed by atoms with van der Waals surface area (Å²) in [7, 11) is 1.32. The Morgan fingerprint density at radius 1 is 1.31 bits per heavy atom. The van der Waals surface area contributed by atoms with Gasteiger partial charge in [-0.3, -0.25) is 15.0 Å². The van der Waals surface area contributed by atoms with Gasteiger partial charge < -0.3 is 14.9 Å². The smallest absolute Gasteiger partial charge is 0.336 e. The maximum absolute atomic E-state index is 12.2. The summed E-state index contributed by atoms with van der Waals surface area (Å²) in [5, 5.41) is 32.0. The number of methoxy groups -OCH3 is 1. The van der Waals surface area contributed by atoms with Gasteiger partial charge in [0.15, 0.2) is 5.75 Å². The molecule has 0 fully saturated rings. The van der Waals surface area contributed by atoms with E-state index in [1.165, 1.54) is 19.2 Å². The average Bonchev–Trinajstić information content (AvgIpc) is 2.77. The topological polar surface area (TPSA) is 126 Å². The molecule has 0 spiro atoms. The van der Waals surface area contributed by atoms with Crippen LogP contribution in [0.15, 0.2) is 36.4 Å². The van der Waals surface area contributed by atoms with E-state index in [0.717, 1.165) is 5.57 Å². The minimum Gasteiger partial charge on any atom is -0.500 e. The third-order valence-corrected chi connectivity index (χ3v) is 5.57. The summed E-state index contributed by atoms with van der Waals surface area (Å²) in [6, 6.07) is 9.84. The summed E-state index contributed by atoms with van der Waals surface area (Å²) in [6.45, 7) is 3.58. The normalized spacial score (nSPS) is 15.0. The quantitative estimate of drug-likeness (QED) is 0.456. The number of carboxylic acids is 1. The Balaban J connectivity index is 1.98. The van der Waals surface area contributed by atoms with Gasteiger partial charge in [-0.15, -0.1) is 0 Å². The standard InChI is InChI=1S/C23H21N3O6/c1-3-25-11-14(8-13-9-18(26(30)31)22(27)19(10-13)32-2)21-16(12-25)20(23(28)29)15-6-4-5-7-17(15)24-21/h4-10,27H,3,11-12H2,1-2H3,(H,28,29)/b14-8-. The number of nitro groups is 1. The lowest BCUT2D eigenvalue weighted by Crippen LogP contribution is -2.31. The number of hydrogen-bond acceptors (Lipinski definition) is 7. The van der Waals surface area contributed by atoms with Gasteiger partial charge in [0.1, 0.15) is 0 Å². The van der Waals surface area contributed by atoms with Crippen molar-refractivity contribution in [2.24, 2.45) is 0 Å². The molecule has 2 heterocycles. The lowest BCUT2D eigenvalue weighted by atomic mass is 9.92. The number of phenolic OH excluding ortho intramolecular Hbond substituents is 1. The van der Waals surface area contributed by atoms with Gasteiger partial charge >= 0.3 is 11.7 Å². The average molecular weight is 435 g/mol. The van der Waals surface area contributed by atoms with E-state index in [1.54, 1.807) is 30.3 Å². The van der Waals surface area contributed by atoms with Crippen molar-refractivity contribution < 1.29 is 24.7 Å². The van der Waals surface area contributed by atoms with E-state index >= 15 is 0 Å². The van der Waals surface area contributed by atoms with Crippen molar-refractivity contribution >= 4 is 34.2 Å². The molecule has 0 radical (unpaired) electrons. The van der Waals surface area contributed by atoms with Crippen LogP contribution in [-0.2, 0) is 6.54 Å². The highest BCUT2D eigenvalue weighted by atomic mass is 16.6. The molecule has 0 saturated carbocycles. The van der Waals surface area contributed by atoms with Crippen LogP contribution >= 0.6 is 0 Å². The predicted molar refractivity (Wildman–Crippen MR) is 119 cm³/mol. The van der Waals surface area contributed by atoms with E-state index in [2.05, 4.69) is 4.90 Å². The van der Waals surface area contributed by atoms with Crippen molar-refractivity contribution in [1.29, 1.82) is 0 Å². The minimum absolute atomic E-state index is 0.0212. The van der Waals surface area contributed by atoms with E-state index in [1.807, 2.05) is 6.92 Å². The van der Waals surface area contributed by atoms with Gasteiger partial charge in [-0.2, -0.15) is 0 Å². The SMILES string of the molecule is CCN1C/C(=C/c2cc(OC)c(O)c([N+](=O)[O-])c2)c2nc3ccccc3c(C(=O)O)c2C1. The van der Waals surface area contributed by atoms with Gasteiger partial charge in [-0.25, -0.2) is 9.78 Å². The van der Waals surface area contributed by atoms with E-state index < -0.39 is 22.3 Å². The molecule has 0 amide bonds. The number of carbonyl (C=O) groups is 1. The molecule has 0 unspecified atom stereocenters. The van der Waals surface area contributed by atoms with Crippen molar-refractivity contribution in [2.75, 3.05) is 20.2 Å². The van der Waals surface area contributed by atoms with Gasteiger partial charge in [-0.05, 0) is 35.9 Å². The van der Waals surface area contributed by atoms with Gasteiger partial charge in [-0.1, -0.05) is 25.1 Å². The van der Waals surface area contributed by atoms with Gasteiger partial charge in [0.05, 0.1) is 28.8 Å². The third-order valence-electron chi connectivity index (χ3n) is 5.57. The Morgan fingerprint density at radius 3 is 2.72 bits per heavy atom. The number of phenols is 1. The molecule has 32 heavy (non-hydrogen) atoms. The number of pyridine rings is 1. The lowest BCUT2D eigenvalue weighted by Gasteiger charge is -2.30. The number of nitro benzene ring substituents is 1. The van der Waals surface area contributed by atoms with Crippen molar-refractivity contribution in [3.8, 4) is 11.5 Å². The molecule has 2 aromatic carbocycles. The number of hydrogen-bond donors (Lipinski definition) is 2. The van der Waals surface area contributed by atoms with Crippen LogP contribution < -0.4 is 4.74 Å². The van der Waals surface area contributed by atoms with Crippen LogP contribution in [0.3, 0.4) is 0 Å². The highest BCUT2D eigenvalue weighted by Gasteiger charge is 2.28. The monoisotopic (exact) mass is 435 g/mol. The first-order valence-corrected chi connectivity index (χ1v) is 9.97. The van der Waals surface area contributed by atoms with E-state index in [-0.39, 0.29) is 11.3 Å². The second-order valence-corrected chi connectivity index (χ2v) is 7.46. The Morgan fingerprint density at radius 2 is 2.06 bits per heavy atom. The fourth-order valence-corrected chi connectivity index (χ4v) is 4.04. The number of benzene rings is 2. The first-order valence-electron chi connectivity index (χ1n) is 9.97. The number of ether oxygens (including phenoxy) is 1. The van der Waals surface area contributed by atoms with Crippen LogP contribution in [0.5, 0.6) is 11.5 Å². The molecular formula is C23H21N3O6. The Labute approximate surface area is 183 Å². The molecule has 0 aliphatic carbocycles. The van der Waals surface area contributed by atoms with Crippen LogP contribution in [0.1, 0.15) is 34.1 Å². The highest BCUT2D eigenvalue weighted by molar-refractivity contribution is 6.06. The van der Waals surface area contributed by atoms with Gasteiger partial charge in [0.25, 0.3) is 0 Å². The zero-order valence-corrected chi connectivity index (χ0v) is 17.5. The fraction of sp³-hybridized carbons (Fsp3) is 0.217. The maximum atomic E-state index is 12.2. The second-order valence-electron chi connectivity index (χ2n) is 7.46. The van der Waals surface area contributed by atoms with Crippen molar-refractivity contribution in [1.82, 2.24) is 9.88 Å². The third kappa shape index (κ3) is 3.63. The van der Waals surface area contributed by atoms with Crippen LogP contribution in [0.2, 0.25) is 0 Å². The van der Waals surface area contributed by atoms with Crippen molar-refractivity contribution in [3.63, 3.8) is 0 Å². The lowest BCUT2D eigenvalue weighted by molar-refractivity contribution is -0.386. The molecule has 1 aromatic heterocycles. The zero-order valence-electron chi connectivity index (χ0n) is 17.5. The molecule has 0 atom stereocenters. The zero-order chi connectivity index (χ0) is 23.0. The maximum Gasteiger partial charge on any atom is 0.336 e. The number of aromatic carboxylic acids is 1. The molecule has 1 aliphatic heterocycles. The van der Waals surface area contributed by atoms with Crippen LogP contribution in [0.4, 0.5) is 5.69 Å². The summed E-state index contributed by atoms with van der Waals surface area (Å²) in [4.78, 5) is 29.7. The number of para-hydroxylation sites is 1. The van der Waals surface area contributed by atoms with Crippen LogP contribution in [0.25, 0.3) is 22.6 Å². The number of likely N-dealkylation sites (N-methyl/N-ethyl adjacent to an activating group) is 1. The Bertz CT molecular complexity index is 1280. The highest BCUT2D eigenvalue weighted by Crippen LogP contribution is 2.39. The van der Waals surface area contributed by atoms with E-state index in [9.17, 15) is 25.1 Å². The van der Waals surface area contributed by atoms with Crippen molar-refractivity contribution in [3.05, 3.63) is 68.9 Å². The molecule has 9 nitrogen and oxygen atoms in total. The summed E-state index contributed by atoms with van der Waals surface area (Å²) in [5.74, 6) is -1.60. The molecular weight excluding hydrogens is 414 g/mol. The minimum atomic E-state index is -1.03. The molecule has 9 heteroatoms. The van der Waals surface area contributed by atoms with Gasteiger partial charge in [0, 0.05) is 30.1 Å². The van der Waals surface area contributed by atoms with E-state index in [4.69, 9.17) is 9.72 Å². The second kappa shape index (κ2) is 8.27. The summed E-state index contributed by atoms with van der Waals surface area (Å²) < 4.78 is 5.10. The van der Waals surface area contributed by atoms with Crippen molar-refractivity contribution in [2.45, 2.75) is 13.5 Å². The van der Waals surface area contributed by atoms with Crippen LogP contribution in [0, 0.1) is 10.1 Å². The fourth-order valence-electron chi connectivity index (χ4n) is 4.04. The Kier molecular flexibility index (Phi) is 5.50. The van der Waals surface area contributed by atoms with Gasteiger partial charge in [0.2, 0.25) is 5.75 Å². The largest absolute Gasteiger partial charge is 0.500 e. The number of aromatic nitrogens is 1. The summed E-state index contributed by atoms with van der Waals surface area (Å²) in [6.07, 6.45) is 1.73. The molecule has 4 rings (SSSR count). The number of aromatic hydroxyl groups is 1. The molecule has 2 N–H and O–H groups in total. The van der Waals surface area contributed by atoms with Crippen LogP contribution in [-0.4, -0.2) is 51.2 Å². The molecule has 0 bridgehead atoms. The predicted octanol–water partition coefficient (Wildman–Crippen LogP) is 3.93. The summed E-state index contributed by atoms with van der Waals surface area (Å²) in [5.41, 5.74) is 2.63. The van der Waals surface area contributed by atoms with E-state index in [0.29, 0.717) is 47.4 Å². The number of nitrogens with zero attached hydrogens (tertiary/aromatic N) is 3. The Hall–Kier alpha value is -3.98. The number of fused-ring (bicyclic) bond motifs is 2. The first-order chi connectivity index (χ1) is 15.3. The number of carboxylic acid groups (broad SMARTS) is 1.